The van der Waals surface area contributed by atoms with Gasteiger partial charge in [0.1, 0.15) is 11.6 Å². The molecule has 0 amide bonds. The Morgan fingerprint density at radius 3 is 2.50 bits per heavy atom. The molecule has 4 rings (SSSR count). The Labute approximate surface area is 199 Å². The van der Waals surface area contributed by atoms with Gasteiger partial charge in [0, 0.05) is 11.3 Å². The lowest BCUT2D eigenvalue weighted by atomic mass is 10.1. The Bertz CT molecular complexity index is 1310. The number of benzene rings is 3. The summed E-state index contributed by atoms with van der Waals surface area (Å²) in [6.07, 6.45) is 0. The Kier molecular flexibility index (Phi) is 7.34. The first-order chi connectivity index (χ1) is 16.6. The van der Waals surface area contributed by atoms with E-state index in [1.54, 1.807) is 47.0 Å². The SMILES string of the molecule is COc1cccc(C(=O)COC(=O)CSc2nnc(-c3ccccc3F)n2-c2ccccc2)c1. The van der Waals surface area contributed by atoms with Gasteiger partial charge in [0.2, 0.25) is 0 Å². The summed E-state index contributed by atoms with van der Waals surface area (Å²) >= 11 is 1.09. The van der Waals surface area contributed by atoms with Crippen LogP contribution < -0.4 is 4.74 Å². The minimum absolute atomic E-state index is 0.104. The van der Waals surface area contributed by atoms with Crippen molar-refractivity contribution in [2.75, 3.05) is 19.5 Å². The molecule has 0 bridgehead atoms. The number of hydrogen-bond donors (Lipinski definition) is 0. The molecule has 0 N–H and O–H groups in total. The molecule has 0 unspecified atom stereocenters. The van der Waals surface area contributed by atoms with Gasteiger partial charge in [0.15, 0.2) is 23.4 Å². The van der Waals surface area contributed by atoms with Gasteiger partial charge in [-0.3, -0.25) is 14.2 Å². The first kappa shape index (κ1) is 23.2. The summed E-state index contributed by atoms with van der Waals surface area (Å²) in [7, 11) is 1.51. The number of hydrogen-bond acceptors (Lipinski definition) is 7. The number of methoxy groups -OCH3 is 1. The highest BCUT2D eigenvalue weighted by Gasteiger charge is 2.20. The van der Waals surface area contributed by atoms with E-state index in [1.165, 1.54) is 13.2 Å². The third-order valence-electron chi connectivity index (χ3n) is 4.84. The lowest BCUT2D eigenvalue weighted by Gasteiger charge is -2.10. The number of ketones is 1. The smallest absolute Gasteiger partial charge is 0.316 e. The first-order valence-electron chi connectivity index (χ1n) is 10.3. The Hall–Kier alpha value is -3.98. The number of aromatic nitrogens is 3. The summed E-state index contributed by atoms with van der Waals surface area (Å²) in [4.78, 5) is 24.6. The van der Waals surface area contributed by atoms with Crippen molar-refractivity contribution < 1.29 is 23.5 Å². The van der Waals surface area contributed by atoms with Crippen molar-refractivity contribution in [3.05, 3.63) is 90.2 Å². The maximum absolute atomic E-state index is 14.5. The van der Waals surface area contributed by atoms with Crippen LogP contribution in [0.1, 0.15) is 10.4 Å². The monoisotopic (exact) mass is 477 g/mol. The molecule has 0 saturated carbocycles. The Morgan fingerprint density at radius 2 is 1.74 bits per heavy atom. The highest BCUT2D eigenvalue weighted by Crippen LogP contribution is 2.29. The van der Waals surface area contributed by atoms with Crippen LogP contribution in [0.4, 0.5) is 4.39 Å². The molecule has 0 radical (unpaired) electrons. The second-order valence-electron chi connectivity index (χ2n) is 7.06. The first-order valence-corrected chi connectivity index (χ1v) is 11.3. The zero-order valence-corrected chi connectivity index (χ0v) is 19.0. The maximum atomic E-state index is 14.5. The van der Waals surface area contributed by atoms with Gasteiger partial charge in [0.25, 0.3) is 0 Å². The second kappa shape index (κ2) is 10.8. The fraction of sp³-hybridized carbons (Fsp3) is 0.120. The third-order valence-corrected chi connectivity index (χ3v) is 5.74. The van der Waals surface area contributed by atoms with Crippen LogP contribution in [0.25, 0.3) is 17.1 Å². The van der Waals surface area contributed by atoms with Crippen molar-refractivity contribution in [1.82, 2.24) is 14.8 Å². The minimum atomic E-state index is -0.587. The van der Waals surface area contributed by atoms with Crippen LogP contribution >= 0.6 is 11.8 Å². The van der Waals surface area contributed by atoms with Crippen LogP contribution in [0, 0.1) is 5.82 Å². The molecule has 4 aromatic rings. The number of Topliss-reactive ketones (excluding diaryl/α,β-unsaturated/α-hetero) is 1. The number of ether oxygens (including phenoxy) is 2. The van der Waals surface area contributed by atoms with Gasteiger partial charge in [-0.15, -0.1) is 10.2 Å². The average Bonchev–Trinajstić information content (AvgIpc) is 3.30. The molecule has 9 heteroatoms. The molecular weight excluding hydrogens is 457 g/mol. The van der Waals surface area contributed by atoms with Gasteiger partial charge >= 0.3 is 5.97 Å². The standard InChI is InChI=1S/C25H20FN3O4S/c1-32-19-11-7-8-17(14-19)22(30)15-33-23(31)16-34-25-28-27-24(20-12-5-6-13-21(20)26)29(25)18-9-3-2-4-10-18/h2-14H,15-16H2,1H3. The van der Waals surface area contributed by atoms with E-state index in [1.807, 2.05) is 30.3 Å². The number of nitrogens with zero attached hydrogens (tertiary/aromatic N) is 3. The second-order valence-corrected chi connectivity index (χ2v) is 8.00. The largest absolute Gasteiger partial charge is 0.497 e. The van der Waals surface area contributed by atoms with Crippen LogP contribution in [-0.4, -0.2) is 46.0 Å². The van der Waals surface area contributed by atoms with Crippen molar-refractivity contribution >= 4 is 23.5 Å². The maximum Gasteiger partial charge on any atom is 0.316 e. The molecule has 0 spiro atoms. The van der Waals surface area contributed by atoms with E-state index in [-0.39, 0.29) is 17.1 Å². The van der Waals surface area contributed by atoms with E-state index in [0.29, 0.717) is 22.3 Å². The van der Waals surface area contributed by atoms with Crippen molar-refractivity contribution in [1.29, 1.82) is 0 Å². The summed E-state index contributed by atoms with van der Waals surface area (Å²) in [6, 6.07) is 22.1. The van der Waals surface area contributed by atoms with Crippen molar-refractivity contribution in [2.24, 2.45) is 0 Å². The van der Waals surface area contributed by atoms with E-state index in [2.05, 4.69) is 10.2 Å². The predicted molar refractivity (Wildman–Crippen MR) is 126 cm³/mol. The molecule has 0 aliphatic carbocycles. The number of esters is 1. The number of carbonyl (C=O) groups excluding carboxylic acids is 2. The molecule has 0 aliphatic heterocycles. The van der Waals surface area contributed by atoms with Crippen molar-refractivity contribution in [3.8, 4) is 22.8 Å². The molecule has 0 saturated heterocycles. The van der Waals surface area contributed by atoms with Gasteiger partial charge in [0.05, 0.1) is 18.4 Å². The molecule has 1 aromatic heterocycles. The summed E-state index contributed by atoms with van der Waals surface area (Å²) < 4.78 is 26.4. The van der Waals surface area contributed by atoms with Crippen LogP contribution in [0.15, 0.2) is 84.0 Å². The lowest BCUT2D eigenvalue weighted by molar-refractivity contribution is -0.139. The van der Waals surface area contributed by atoms with Gasteiger partial charge < -0.3 is 9.47 Å². The topological polar surface area (TPSA) is 83.3 Å². The molecular formula is C25H20FN3O4S. The number of carbonyl (C=O) groups is 2. The third kappa shape index (κ3) is 5.32. The summed E-state index contributed by atoms with van der Waals surface area (Å²) in [5, 5.41) is 8.72. The van der Waals surface area contributed by atoms with Crippen LogP contribution in [0.5, 0.6) is 5.75 Å². The molecule has 0 fully saturated rings. The normalized spacial score (nSPS) is 10.6. The van der Waals surface area contributed by atoms with Crippen molar-refractivity contribution in [2.45, 2.75) is 5.16 Å². The fourth-order valence-corrected chi connectivity index (χ4v) is 3.93. The molecule has 34 heavy (non-hydrogen) atoms. The van der Waals surface area contributed by atoms with E-state index < -0.39 is 18.4 Å². The summed E-state index contributed by atoms with van der Waals surface area (Å²) in [6.45, 7) is -0.390. The quantitative estimate of drug-likeness (QED) is 0.198. The Morgan fingerprint density at radius 1 is 0.971 bits per heavy atom. The van der Waals surface area contributed by atoms with Gasteiger partial charge in [-0.1, -0.05) is 54.2 Å². The molecule has 1 heterocycles. The minimum Gasteiger partial charge on any atom is -0.497 e. The Balaban J connectivity index is 1.47. The van der Waals surface area contributed by atoms with Crippen LogP contribution in [0.3, 0.4) is 0 Å². The van der Waals surface area contributed by atoms with Crippen LogP contribution in [0.2, 0.25) is 0 Å². The lowest BCUT2D eigenvalue weighted by Crippen LogP contribution is -2.16. The van der Waals surface area contributed by atoms with E-state index >= 15 is 0 Å². The number of halogens is 1. The fourth-order valence-electron chi connectivity index (χ4n) is 3.18. The number of para-hydroxylation sites is 1. The van der Waals surface area contributed by atoms with E-state index in [9.17, 15) is 14.0 Å². The molecule has 0 aliphatic rings. The van der Waals surface area contributed by atoms with Crippen molar-refractivity contribution in [3.63, 3.8) is 0 Å². The van der Waals surface area contributed by atoms with Gasteiger partial charge in [-0.2, -0.15) is 0 Å². The molecule has 7 nitrogen and oxygen atoms in total. The van der Waals surface area contributed by atoms with E-state index in [4.69, 9.17) is 9.47 Å². The zero-order valence-electron chi connectivity index (χ0n) is 18.2. The highest BCUT2D eigenvalue weighted by molar-refractivity contribution is 7.99. The summed E-state index contributed by atoms with van der Waals surface area (Å²) in [5.41, 5.74) is 1.39. The molecule has 0 atom stereocenters. The average molecular weight is 478 g/mol. The molecule has 3 aromatic carbocycles. The zero-order chi connectivity index (χ0) is 23.9. The number of rotatable bonds is 9. The molecule has 172 valence electrons. The van der Waals surface area contributed by atoms with E-state index in [0.717, 1.165) is 17.4 Å². The summed E-state index contributed by atoms with van der Waals surface area (Å²) in [5.74, 6) is -0.609. The van der Waals surface area contributed by atoms with Gasteiger partial charge in [-0.05, 0) is 36.4 Å². The number of thioether (sulfide) groups is 1. The van der Waals surface area contributed by atoms with Gasteiger partial charge in [-0.25, -0.2) is 4.39 Å². The highest BCUT2D eigenvalue weighted by atomic mass is 32.2. The predicted octanol–water partition coefficient (Wildman–Crippen LogP) is 4.60. The van der Waals surface area contributed by atoms with Crippen LogP contribution in [-0.2, 0) is 9.53 Å².